The molecule has 0 spiro atoms. The number of likely N-dealkylation sites (tertiary alicyclic amines) is 1. The van der Waals surface area contributed by atoms with Crippen molar-refractivity contribution in [3.8, 4) is 0 Å². The van der Waals surface area contributed by atoms with E-state index in [1.807, 2.05) is 26.8 Å². The van der Waals surface area contributed by atoms with Gasteiger partial charge in [-0.25, -0.2) is 4.98 Å². The van der Waals surface area contributed by atoms with Crippen LogP contribution in [0.1, 0.15) is 60.6 Å². The number of aromatic nitrogens is 2. The first-order valence-electron chi connectivity index (χ1n) is 10.1. The van der Waals surface area contributed by atoms with Gasteiger partial charge in [0.2, 0.25) is 5.91 Å². The van der Waals surface area contributed by atoms with Crippen LogP contribution in [0.4, 0.5) is 5.69 Å². The monoisotopic (exact) mass is 396 g/mol. The highest BCUT2D eigenvalue weighted by Crippen LogP contribution is 2.27. The number of nitrogens with zero attached hydrogens (tertiary/aromatic N) is 2. The number of amides is 2. The Kier molecular flexibility index (Phi) is 6.46. The van der Waals surface area contributed by atoms with E-state index in [9.17, 15) is 14.4 Å². The molecule has 7 nitrogen and oxygen atoms in total. The quantitative estimate of drug-likeness (QED) is 0.812. The number of H-pyrrole nitrogens is 1. The van der Waals surface area contributed by atoms with Crippen LogP contribution in [0.15, 0.2) is 35.4 Å². The summed E-state index contributed by atoms with van der Waals surface area (Å²) in [4.78, 5) is 45.4. The molecule has 2 heterocycles. The number of carbonyl (C=O) groups excluding carboxylic acids is 2. The molecule has 1 unspecified atom stereocenters. The Labute approximate surface area is 170 Å². The number of piperidine rings is 1. The molecule has 3 rings (SSSR count). The van der Waals surface area contributed by atoms with Gasteiger partial charge >= 0.3 is 0 Å². The van der Waals surface area contributed by atoms with Crippen LogP contribution in [0.25, 0.3) is 0 Å². The Balaban J connectivity index is 1.74. The van der Waals surface area contributed by atoms with Gasteiger partial charge in [0.1, 0.15) is 0 Å². The maximum atomic E-state index is 13.1. The summed E-state index contributed by atoms with van der Waals surface area (Å²) in [7, 11) is 0. The Morgan fingerprint density at radius 3 is 2.83 bits per heavy atom. The Hall–Kier alpha value is -2.96. The number of benzene rings is 1. The number of aromatic amines is 1. The predicted molar refractivity (Wildman–Crippen MR) is 112 cm³/mol. The minimum atomic E-state index is -0.182. The third kappa shape index (κ3) is 5.31. The molecule has 1 aromatic carbocycles. The maximum absolute atomic E-state index is 13.1. The van der Waals surface area contributed by atoms with E-state index < -0.39 is 0 Å². The van der Waals surface area contributed by atoms with Gasteiger partial charge in [0, 0.05) is 42.7 Å². The molecule has 1 atom stereocenters. The van der Waals surface area contributed by atoms with E-state index >= 15 is 0 Å². The van der Waals surface area contributed by atoms with Gasteiger partial charge in [-0.15, -0.1) is 0 Å². The van der Waals surface area contributed by atoms with Crippen molar-refractivity contribution in [1.29, 1.82) is 0 Å². The lowest BCUT2D eigenvalue weighted by molar-refractivity contribution is -0.116. The lowest BCUT2D eigenvalue weighted by Crippen LogP contribution is -2.39. The zero-order valence-corrected chi connectivity index (χ0v) is 17.2. The predicted octanol–water partition coefficient (Wildman–Crippen LogP) is 3.08. The summed E-state index contributed by atoms with van der Waals surface area (Å²) < 4.78 is 0. The minimum absolute atomic E-state index is 0.0469. The van der Waals surface area contributed by atoms with Crippen molar-refractivity contribution in [2.75, 3.05) is 18.4 Å². The lowest BCUT2D eigenvalue weighted by Gasteiger charge is -2.32. The van der Waals surface area contributed by atoms with Gasteiger partial charge in [0.05, 0.1) is 12.0 Å². The molecule has 29 heavy (non-hydrogen) atoms. The van der Waals surface area contributed by atoms with Crippen molar-refractivity contribution in [3.63, 3.8) is 0 Å². The normalized spacial score (nSPS) is 16.7. The standard InChI is InChI=1S/C22H28N4O3/c1-14(2)9-21(28)25-18-10-16(7-6-15(18)3)22(29)26-8-4-5-17(12-26)19-11-20(27)24-13-23-19/h6-7,10-11,13-14,17H,4-5,8-9,12H2,1-3H3,(H,25,28)(H,23,24,27). The molecule has 0 bridgehead atoms. The summed E-state index contributed by atoms with van der Waals surface area (Å²) in [6, 6.07) is 6.92. The molecule has 7 heteroatoms. The van der Waals surface area contributed by atoms with Gasteiger partial charge < -0.3 is 15.2 Å². The fourth-order valence-electron chi connectivity index (χ4n) is 3.65. The summed E-state index contributed by atoms with van der Waals surface area (Å²) in [5.41, 5.74) is 2.68. The number of hydrogen-bond donors (Lipinski definition) is 2. The largest absolute Gasteiger partial charge is 0.338 e. The molecule has 2 N–H and O–H groups in total. The van der Waals surface area contributed by atoms with Crippen molar-refractivity contribution in [3.05, 3.63) is 57.8 Å². The van der Waals surface area contributed by atoms with Crippen LogP contribution in [0.2, 0.25) is 0 Å². The van der Waals surface area contributed by atoms with Crippen molar-refractivity contribution < 1.29 is 9.59 Å². The molecule has 1 aromatic heterocycles. The van der Waals surface area contributed by atoms with E-state index in [1.54, 1.807) is 17.0 Å². The molecule has 2 aromatic rings. The number of aryl methyl sites for hydroxylation is 1. The van der Waals surface area contributed by atoms with Gasteiger partial charge in [0.15, 0.2) is 0 Å². The molecule has 1 saturated heterocycles. The van der Waals surface area contributed by atoms with E-state index in [0.29, 0.717) is 30.8 Å². The third-order valence-electron chi connectivity index (χ3n) is 5.18. The van der Waals surface area contributed by atoms with Crippen molar-refractivity contribution >= 4 is 17.5 Å². The molecule has 2 amide bonds. The van der Waals surface area contributed by atoms with Gasteiger partial charge in [-0.1, -0.05) is 19.9 Å². The van der Waals surface area contributed by atoms with Crippen LogP contribution >= 0.6 is 0 Å². The molecule has 0 radical (unpaired) electrons. The van der Waals surface area contributed by atoms with E-state index in [-0.39, 0.29) is 29.2 Å². The third-order valence-corrected chi connectivity index (χ3v) is 5.18. The number of hydrogen-bond acceptors (Lipinski definition) is 4. The number of anilines is 1. The summed E-state index contributed by atoms with van der Waals surface area (Å²) in [6.45, 7) is 7.09. The highest BCUT2D eigenvalue weighted by Gasteiger charge is 2.27. The van der Waals surface area contributed by atoms with Gasteiger partial charge in [0.25, 0.3) is 11.5 Å². The van der Waals surface area contributed by atoms with Gasteiger partial charge in [-0.3, -0.25) is 14.4 Å². The fraction of sp³-hybridized carbons (Fsp3) is 0.455. The summed E-state index contributed by atoms with van der Waals surface area (Å²) >= 11 is 0. The number of rotatable bonds is 5. The topological polar surface area (TPSA) is 95.2 Å². The Morgan fingerprint density at radius 2 is 2.10 bits per heavy atom. The second-order valence-electron chi connectivity index (χ2n) is 8.10. The lowest BCUT2D eigenvalue weighted by atomic mass is 9.94. The first-order chi connectivity index (χ1) is 13.8. The van der Waals surface area contributed by atoms with E-state index in [2.05, 4.69) is 15.3 Å². The van der Waals surface area contributed by atoms with E-state index in [1.165, 1.54) is 12.4 Å². The highest BCUT2D eigenvalue weighted by molar-refractivity contribution is 5.98. The van der Waals surface area contributed by atoms with Crippen molar-refractivity contribution in [2.24, 2.45) is 5.92 Å². The second-order valence-corrected chi connectivity index (χ2v) is 8.10. The first kappa shape index (κ1) is 20.8. The van der Waals surface area contributed by atoms with Gasteiger partial charge in [-0.05, 0) is 43.4 Å². The van der Waals surface area contributed by atoms with Crippen molar-refractivity contribution in [2.45, 2.75) is 46.0 Å². The smallest absolute Gasteiger partial charge is 0.253 e. The van der Waals surface area contributed by atoms with Gasteiger partial charge in [-0.2, -0.15) is 0 Å². The van der Waals surface area contributed by atoms with E-state index in [4.69, 9.17) is 0 Å². The zero-order chi connectivity index (χ0) is 21.0. The molecular weight excluding hydrogens is 368 g/mol. The molecular formula is C22H28N4O3. The average Bonchev–Trinajstić information content (AvgIpc) is 2.68. The molecule has 1 fully saturated rings. The molecule has 1 aliphatic heterocycles. The summed E-state index contributed by atoms with van der Waals surface area (Å²) in [6.07, 6.45) is 3.60. The van der Waals surface area contributed by atoms with Crippen LogP contribution < -0.4 is 10.9 Å². The Bertz CT molecular complexity index is 951. The van der Waals surface area contributed by atoms with Crippen LogP contribution in [-0.2, 0) is 4.79 Å². The summed E-state index contributed by atoms with van der Waals surface area (Å²) in [5, 5.41) is 2.92. The maximum Gasteiger partial charge on any atom is 0.253 e. The number of carbonyl (C=O) groups is 2. The van der Waals surface area contributed by atoms with Crippen LogP contribution in [-0.4, -0.2) is 39.8 Å². The highest BCUT2D eigenvalue weighted by atomic mass is 16.2. The van der Waals surface area contributed by atoms with Crippen LogP contribution in [0, 0.1) is 12.8 Å². The van der Waals surface area contributed by atoms with Crippen LogP contribution in [0.5, 0.6) is 0 Å². The SMILES string of the molecule is Cc1ccc(C(=O)N2CCCC(c3cc(=O)[nH]cn3)C2)cc1NC(=O)CC(C)C. The molecule has 0 saturated carbocycles. The first-order valence-corrected chi connectivity index (χ1v) is 10.1. The van der Waals surface area contributed by atoms with Crippen molar-refractivity contribution in [1.82, 2.24) is 14.9 Å². The average molecular weight is 396 g/mol. The van der Waals surface area contributed by atoms with E-state index in [0.717, 1.165) is 24.1 Å². The fourth-order valence-corrected chi connectivity index (χ4v) is 3.65. The Morgan fingerprint density at radius 1 is 1.31 bits per heavy atom. The zero-order valence-electron chi connectivity index (χ0n) is 17.2. The molecule has 154 valence electrons. The minimum Gasteiger partial charge on any atom is -0.338 e. The van der Waals surface area contributed by atoms with Crippen LogP contribution in [0.3, 0.4) is 0 Å². The second kappa shape index (κ2) is 9.03. The summed E-state index contributed by atoms with van der Waals surface area (Å²) in [5.74, 6) is 0.194. The number of nitrogens with one attached hydrogen (secondary N) is 2. The molecule has 0 aliphatic carbocycles. The molecule has 1 aliphatic rings.